The fourth-order valence-corrected chi connectivity index (χ4v) is 4.85. The zero-order valence-corrected chi connectivity index (χ0v) is 20.6. The number of ketones is 1. The number of anilines is 1. The molecule has 1 unspecified atom stereocenters. The third kappa shape index (κ3) is 4.72. The van der Waals surface area contributed by atoms with Gasteiger partial charge < -0.3 is 19.5 Å². The van der Waals surface area contributed by atoms with Crippen LogP contribution in [0.2, 0.25) is 0 Å². The van der Waals surface area contributed by atoms with Crippen LogP contribution in [0.25, 0.3) is 17.0 Å². The van der Waals surface area contributed by atoms with Gasteiger partial charge in [0.1, 0.15) is 5.69 Å². The van der Waals surface area contributed by atoms with E-state index in [2.05, 4.69) is 5.32 Å². The molecule has 2 aliphatic rings. The first kappa shape index (κ1) is 24.6. The van der Waals surface area contributed by atoms with E-state index in [-0.39, 0.29) is 28.7 Å². The van der Waals surface area contributed by atoms with Crippen molar-refractivity contribution in [2.75, 3.05) is 31.6 Å². The number of nitro groups is 1. The molecule has 5 rings (SSSR count). The number of nitro benzene ring substituents is 1. The van der Waals surface area contributed by atoms with Gasteiger partial charge in [0.15, 0.2) is 17.3 Å². The van der Waals surface area contributed by atoms with Crippen molar-refractivity contribution in [2.45, 2.75) is 31.8 Å². The van der Waals surface area contributed by atoms with Crippen molar-refractivity contribution in [2.24, 2.45) is 0 Å². The first-order chi connectivity index (χ1) is 17.8. The van der Waals surface area contributed by atoms with Gasteiger partial charge in [0.25, 0.3) is 5.69 Å². The van der Waals surface area contributed by atoms with E-state index in [0.717, 1.165) is 12.8 Å². The lowest BCUT2D eigenvalue weighted by molar-refractivity contribution is -0.384. The van der Waals surface area contributed by atoms with E-state index in [9.17, 15) is 19.7 Å². The van der Waals surface area contributed by atoms with E-state index in [1.165, 1.54) is 49.6 Å². The number of non-ortho nitro benzene ring substituents is 1. The maximum atomic E-state index is 15.6. The second-order valence-corrected chi connectivity index (χ2v) is 9.49. The normalized spacial score (nSPS) is 17.9. The monoisotopic (exact) mass is 506 g/mol. The van der Waals surface area contributed by atoms with Gasteiger partial charge in [0.05, 0.1) is 28.5 Å². The van der Waals surface area contributed by atoms with Gasteiger partial charge >= 0.3 is 0 Å². The SMILES string of the molecule is COc1c(N2CCNC(C)C2)c(F)cc2c(=O)c(C(=O)/C=C/c3ccc([N+](=O)[O-])cc3)cn(C3CC3)c12. The number of halogens is 1. The molecule has 0 bridgehead atoms. The van der Waals surface area contributed by atoms with Crippen LogP contribution in [-0.2, 0) is 0 Å². The molecule has 0 spiro atoms. The number of carbonyl (C=O) groups is 1. The van der Waals surface area contributed by atoms with Crippen LogP contribution in [-0.4, -0.2) is 48.1 Å². The molecule has 10 heteroatoms. The molecule has 2 heterocycles. The lowest BCUT2D eigenvalue weighted by atomic mass is 10.0. The molecule has 3 aromatic rings. The number of benzene rings is 2. The van der Waals surface area contributed by atoms with Gasteiger partial charge in [0, 0.05) is 50.0 Å². The highest BCUT2D eigenvalue weighted by molar-refractivity contribution is 6.08. The van der Waals surface area contributed by atoms with Gasteiger partial charge in [-0.1, -0.05) is 6.08 Å². The number of piperazine rings is 1. The number of hydrogen-bond donors (Lipinski definition) is 1. The summed E-state index contributed by atoms with van der Waals surface area (Å²) < 4.78 is 23.2. The van der Waals surface area contributed by atoms with Crippen molar-refractivity contribution in [1.29, 1.82) is 0 Å². The quantitative estimate of drug-likeness (QED) is 0.223. The molecule has 1 saturated carbocycles. The molecule has 0 radical (unpaired) electrons. The first-order valence-electron chi connectivity index (χ1n) is 12.2. The Morgan fingerprint density at radius 3 is 2.62 bits per heavy atom. The summed E-state index contributed by atoms with van der Waals surface area (Å²) in [7, 11) is 1.47. The van der Waals surface area contributed by atoms with Crippen molar-refractivity contribution in [3.05, 3.63) is 79.9 Å². The van der Waals surface area contributed by atoms with Crippen molar-refractivity contribution < 1.29 is 18.8 Å². The van der Waals surface area contributed by atoms with Gasteiger partial charge in [-0.05, 0) is 49.6 Å². The highest BCUT2D eigenvalue weighted by atomic mass is 19.1. The number of ether oxygens (including phenoxy) is 1. The fraction of sp³-hybridized carbons (Fsp3) is 0.333. The van der Waals surface area contributed by atoms with Crippen LogP contribution in [0.5, 0.6) is 5.75 Å². The number of fused-ring (bicyclic) bond motifs is 1. The maximum Gasteiger partial charge on any atom is 0.269 e. The number of carbonyl (C=O) groups excluding carboxylic acids is 1. The Hall–Kier alpha value is -4.05. The number of methoxy groups -OCH3 is 1. The molecule has 192 valence electrons. The molecule has 1 aliphatic carbocycles. The minimum Gasteiger partial charge on any atom is -0.492 e. The number of pyridine rings is 1. The standard InChI is InChI=1S/C27H27FN4O5/c1-16-14-30(12-11-29-16)25-22(28)13-20-24(27(25)37-2)31(18-8-9-18)15-21(26(20)34)23(33)10-5-17-3-6-19(7-4-17)32(35)36/h3-7,10,13,15-16,18,29H,8-9,11-12,14H2,1-2H3/b10-5+. The minimum atomic E-state index is -0.567. The summed E-state index contributed by atoms with van der Waals surface area (Å²) in [6.07, 6.45) is 6.06. The Kier molecular flexibility index (Phi) is 6.51. The second kappa shape index (κ2) is 9.78. The van der Waals surface area contributed by atoms with Crippen molar-refractivity contribution >= 4 is 34.1 Å². The zero-order valence-electron chi connectivity index (χ0n) is 20.6. The smallest absolute Gasteiger partial charge is 0.269 e. The Bertz CT molecular complexity index is 1480. The summed E-state index contributed by atoms with van der Waals surface area (Å²) in [5, 5.41) is 14.3. The largest absolute Gasteiger partial charge is 0.492 e. The predicted octanol–water partition coefficient (Wildman–Crippen LogP) is 4.09. The van der Waals surface area contributed by atoms with Crippen LogP contribution < -0.4 is 20.4 Å². The second-order valence-electron chi connectivity index (χ2n) is 9.49. The number of rotatable bonds is 7. The van der Waals surface area contributed by atoms with E-state index in [0.29, 0.717) is 42.2 Å². The summed E-state index contributed by atoms with van der Waals surface area (Å²) in [6.45, 7) is 3.92. The average molecular weight is 507 g/mol. The minimum absolute atomic E-state index is 0.0593. The number of hydrogen-bond acceptors (Lipinski definition) is 7. The Balaban J connectivity index is 1.59. The van der Waals surface area contributed by atoms with Crippen LogP contribution in [0.4, 0.5) is 15.8 Å². The predicted molar refractivity (Wildman–Crippen MR) is 139 cm³/mol. The molecule has 1 aliphatic heterocycles. The highest BCUT2D eigenvalue weighted by Gasteiger charge is 2.31. The molecule has 2 aromatic carbocycles. The molecule has 2 fully saturated rings. The summed E-state index contributed by atoms with van der Waals surface area (Å²) in [5.74, 6) is -0.795. The fourth-order valence-electron chi connectivity index (χ4n) is 4.85. The molecule has 9 nitrogen and oxygen atoms in total. The molecule has 0 amide bonds. The number of allylic oxidation sites excluding steroid dienone is 1. The van der Waals surface area contributed by atoms with Gasteiger partial charge in [-0.2, -0.15) is 0 Å². The van der Waals surface area contributed by atoms with Gasteiger partial charge in [-0.25, -0.2) is 4.39 Å². The molecular formula is C27H27FN4O5. The Labute approximate surface area is 212 Å². The first-order valence-corrected chi connectivity index (χ1v) is 12.2. The number of nitrogens with one attached hydrogen (secondary N) is 1. The number of nitrogens with zero attached hydrogens (tertiary/aromatic N) is 3. The molecule has 1 aromatic heterocycles. The van der Waals surface area contributed by atoms with Crippen molar-refractivity contribution in [3.63, 3.8) is 0 Å². The van der Waals surface area contributed by atoms with E-state index >= 15 is 4.39 Å². The van der Waals surface area contributed by atoms with Crippen LogP contribution in [0.15, 0.2) is 47.4 Å². The van der Waals surface area contributed by atoms with E-state index in [1.54, 1.807) is 6.20 Å². The maximum absolute atomic E-state index is 15.6. The van der Waals surface area contributed by atoms with Crippen molar-refractivity contribution in [1.82, 2.24) is 9.88 Å². The molecule has 1 saturated heterocycles. The van der Waals surface area contributed by atoms with Gasteiger partial charge in [-0.15, -0.1) is 0 Å². The average Bonchev–Trinajstić information content (AvgIpc) is 3.73. The summed E-state index contributed by atoms with van der Waals surface area (Å²) >= 11 is 0. The molecular weight excluding hydrogens is 479 g/mol. The van der Waals surface area contributed by atoms with Crippen LogP contribution in [0, 0.1) is 15.9 Å². The van der Waals surface area contributed by atoms with Crippen LogP contribution in [0.3, 0.4) is 0 Å². The Morgan fingerprint density at radius 1 is 1.27 bits per heavy atom. The zero-order chi connectivity index (χ0) is 26.3. The van der Waals surface area contributed by atoms with Crippen LogP contribution in [0.1, 0.15) is 41.7 Å². The highest BCUT2D eigenvalue weighted by Crippen LogP contribution is 2.43. The van der Waals surface area contributed by atoms with Crippen LogP contribution >= 0.6 is 0 Å². The molecule has 37 heavy (non-hydrogen) atoms. The lowest BCUT2D eigenvalue weighted by Gasteiger charge is -2.35. The Morgan fingerprint density at radius 2 is 2.00 bits per heavy atom. The third-order valence-corrected chi connectivity index (χ3v) is 6.82. The van der Waals surface area contributed by atoms with E-state index < -0.39 is 22.0 Å². The summed E-state index contributed by atoms with van der Waals surface area (Å²) in [6, 6.07) is 7.19. The van der Waals surface area contributed by atoms with Gasteiger partial charge in [-0.3, -0.25) is 19.7 Å². The topological polar surface area (TPSA) is 107 Å². The number of aromatic nitrogens is 1. The molecule has 1 N–H and O–H groups in total. The molecule has 1 atom stereocenters. The summed E-state index contributed by atoms with van der Waals surface area (Å²) in [5.41, 5.74) is 0.703. The van der Waals surface area contributed by atoms with E-state index in [1.807, 2.05) is 16.4 Å². The van der Waals surface area contributed by atoms with Gasteiger partial charge in [0.2, 0.25) is 5.43 Å². The van der Waals surface area contributed by atoms with Crippen molar-refractivity contribution in [3.8, 4) is 5.75 Å². The third-order valence-electron chi connectivity index (χ3n) is 6.82. The lowest BCUT2D eigenvalue weighted by Crippen LogP contribution is -2.49. The van der Waals surface area contributed by atoms with E-state index in [4.69, 9.17) is 4.74 Å². The summed E-state index contributed by atoms with van der Waals surface area (Å²) in [4.78, 5) is 38.8.